The highest BCUT2D eigenvalue weighted by Crippen LogP contribution is 2.31. The van der Waals surface area contributed by atoms with Crippen LogP contribution in [-0.4, -0.2) is 47.2 Å². The van der Waals surface area contributed by atoms with Crippen molar-refractivity contribution >= 4 is 5.91 Å². The lowest BCUT2D eigenvalue weighted by molar-refractivity contribution is -0.0476. The van der Waals surface area contributed by atoms with Crippen molar-refractivity contribution in [1.82, 2.24) is 9.88 Å². The molecule has 2 fully saturated rings. The van der Waals surface area contributed by atoms with Crippen molar-refractivity contribution < 1.29 is 18.7 Å². The summed E-state index contributed by atoms with van der Waals surface area (Å²) in [5.41, 5.74) is 0.583. The van der Waals surface area contributed by atoms with Crippen LogP contribution < -0.4 is 4.74 Å². The molecular weight excluding hydrogens is 296 g/mol. The van der Waals surface area contributed by atoms with E-state index in [4.69, 9.17) is 13.9 Å². The molecule has 1 amide bonds. The summed E-state index contributed by atoms with van der Waals surface area (Å²) in [5.74, 6) is 0.594. The summed E-state index contributed by atoms with van der Waals surface area (Å²) in [4.78, 5) is 18.7. The van der Waals surface area contributed by atoms with Crippen LogP contribution >= 0.6 is 0 Å². The minimum atomic E-state index is -0.110. The maximum atomic E-state index is 12.6. The predicted octanol–water partition coefficient (Wildman–Crippen LogP) is 2.13. The minimum Gasteiger partial charge on any atom is -0.472 e. The monoisotopic (exact) mass is 314 g/mol. The molecule has 0 aliphatic carbocycles. The topological polar surface area (TPSA) is 64.8 Å². The van der Waals surface area contributed by atoms with Crippen molar-refractivity contribution in [3.63, 3.8) is 0 Å². The summed E-state index contributed by atoms with van der Waals surface area (Å²) in [6.07, 6.45) is 6.08. The zero-order chi connectivity index (χ0) is 15.6. The summed E-state index contributed by atoms with van der Waals surface area (Å²) >= 11 is 0. The second-order valence-corrected chi connectivity index (χ2v) is 5.81. The largest absolute Gasteiger partial charge is 0.472 e. The zero-order valence-electron chi connectivity index (χ0n) is 12.6. The van der Waals surface area contributed by atoms with Crippen LogP contribution in [0.3, 0.4) is 0 Å². The van der Waals surface area contributed by atoms with Crippen LogP contribution in [0.2, 0.25) is 0 Å². The lowest BCUT2D eigenvalue weighted by Crippen LogP contribution is -2.56. The maximum Gasteiger partial charge on any atom is 0.257 e. The molecule has 0 unspecified atom stereocenters. The van der Waals surface area contributed by atoms with Crippen molar-refractivity contribution in [1.29, 1.82) is 0 Å². The lowest BCUT2D eigenvalue weighted by atomic mass is 9.95. The summed E-state index contributed by atoms with van der Waals surface area (Å²) in [5, 5.41) is 0. The van der Waals surface area contributed by atoms with Crippen LogP contribution in [0.15, 0.2) is 47.4 Å². The average Bonchev–Trinajstić information content (AvgIpc) is 3.27. The molecule has 0 bridgehead atoms. The van der Waals surface area contributed by atoms with E-state index in [0.717, 1.165) is 12.8 Å². The number of hydrogen-bond donors (Lipinski definition) is 0. The third kappa shape index (κ3) is 2.70. The molecule has 2 aromatic rings. The standard InChI is InChI=1S/C17H18N2O4/c20-17(12-5-9-21-11-12)19-8-4-14(16-13(19)6-10-22-16)23-15-3-1-2-7-18-15/h1-3,5,7,9,11,13-14,16H,4,6,8,10H2/t13-,14+,16-/m0/s1. The number of aromatic nitrogens is 1. The molecule has 0 spiro atoms. The molecule has 23 heavy (non-hydrogen) atoms. The number of carbonyl (C=O) groups excluding carboxylic acids is 1. The van der Waals surface area contributed by atoms with Gasteiger partial charge in [-0.15, -0.1) is 0 Å². The van der Waals surface area contributed by atoms with E-state index in [2.05, 4.69) is 4.98 Å². The first-order valence-electron chi connectivity index (χ1n) is 7.85. The number of amides is 1. The van der Waals surface area contributed by atoms with Crippen molar-refractivity contribution in [2.75, 3.05) is 13.2 Å². The number of ether oxygens (including phenoxy) is 2. The number of fused-ring (bicyclic) bond motifs is 1. The summed E-state index contributed by atoms with van der Waals surface area (Å²) in [6, 6.07) is 7.33. The first-order valence-corrected chi connectivity index (χ1v) is 7.85. The molecule has 6 heteroatoms. The quantitative estimate of drug-likeness (QED) is 0.868. The fourth-order valence-electron chi connectivity index (χ4n) is 3.39. The van der Waals surface area contributed by atoms with Gasteiger partial charge in [0, 0.05) is 31.8 Å². The van der Waals surface area contributed by atoms with Crippen LogP contribution in [0.1, 0.15) is 23.2 Å². The van der Waals surface area contributed by atoms with E-state index >= 15 is 0 Å². The molecule has 0 N–H and O–H groups in total. The highest BCUT2D eigenvalue weighted by Gasteiger charge is 2.45. The molecule has 0 radical (unpaired) electrons. The summed E-state index contributed by atoms with van der Waals surface area (Å²) in [7, 11) is 0. The number of nitrogens with zero attached hydrogens (tertiary/aromatic N) is 2. The Labute approximate surface area is 134 Å². The Morgan fingerprint density at radius 1 is 1.30 bits per heavy atom. The van der Waals surface area contributed by atoms with Gasteiger partial charge in [-0.2, -0.15) is 0 Å². The fraction of sp³-hybridized carbons (Fsp3) is 0.412. The number of carbonyl (C=O) groups is 1. The normalized spacial score (nSPS) is 26.8. The molecule has 0 aromatic carbocycles. The van der Waals surface area contributed by atoms with Crippen LogP contribution in [-0.2, 0) is 4.74 Å². The molecule has 2 aliphatic rings. The van der Waals surface area contributed by atoms with Crippen molar-refractivity contribution in [3.05, 3.63) is 48.6 Å². The van der Waals surface area contributed by atoms with Gasteiger partial charge in [0.15, 0.2) is 0 Å². The van der Waals surface area contributed by atoms with Crippen molar-refractivity contribution in [3.8, 4) is 5.88 Å². The van der Waals surface area contributed by atoms with Gasteiger partial charge < -0.3 is 18.8 Å². The zero-order valence-corrected chi connectivity index (χ0v) is 12.6. The molecule has 3 atom stereocenters. The first-order chi connectivity index (χ1) is 11.3. The molecule has 6 nitrogen and oxygen atoms in total. The molecular formula is C17H18N2O4. The fourth-order valence-corrected chi connectivity index (χ4v) is 3.39. The number of rotatable bonds is 3. The summed E-state index contributed by atoms with van der Waals surface area (Å²) in [6.45, 7) is 1.29. The number of pyridine rings is 1. The molecule has 2 aliphatic heterocycles. The van der Waals surface area contributed by atoms with Gasteiger partial charge in [0.2, 0.25) is 5.88 Å². The van der Waals surface area contributed by atoms with Gasteiger partial charge in [-0.1, -0.05) is 6.07 Å². The Morgan fingerprint density at radius 3 is 3.04 bits per heavy atom. The Bertz CT molecular complexity index is 658. The van der Waals surface area contributed by atoms with E-state index in [1.54, 1.807) is 12.3 Å². The van der Waals surface area contributed by atoms with E-state index in [1.165, 1.54) is 12.5 Å². The third-order valence-corrected chi connectivity index (χ3v) is 4.46. The Balaban J connectivity index is 1.50. The Hall–Kier alpha value is -2.34. The second kappa shape index (κ2) is 6.04. The molecule has 0 saturated carbocycles. The number of hydrogen-bond acceptors (Lipinski definition) is 5. The van der Waals surface area contributed by atoms with Crippen LogP contribution in [0.25, 0.3) is 0 Å². The van der Waals surface area contributed by atoms with Gasteiger partial charge in [-0.25, -0.2) is 4.98 Å². The van der Waals surface area contributed by atoms with E-state index in [0.29, 0.717) is 24.6 Å². The van der Waals surface area contributed by atoms with Gasteiger partial charge in [0.1, 0.15) is 18.5 Å². The number of furan rings is 1. The number of piperidine rings is 1. The van der Waals surface area contributed by atoms with E-state index < -0.39 is 0 Å². The molecule has 2 aromatic heterocycles. The van der Waals surface area contributed by atoms with Gasteiger partial charge in [0.25, 0.3) is 5.91 Å². The highest BCUT2D eigenvalue weighted by molar-refractivity contribution is 5.94. The van der Waals surface area contributed by atoms with Crippen LogP contribution in [0.4, 0.5) is 0 Å². The van der Waals surface area contributed by atoms with Crippen molar-refractivity contribution in [2.45, 2.75) is 31.1 Å². The highest BCUT2D eigenvalue weighted by atomic mass is 16.5. The SMILES string of the molecule is O=C(c1ccoc1)N1CC[C@@H](Oc2ccccn2)[C@H]2OCC[C@@H]21. The smallest absolute Gasteiger partial charge is 0.257 e. The Kier molecular flexibility index (Phi) is 3.75. The van der Waals surface area contributed by atoms with Gasteiger partial charge in [-0.3, -0.25) is 4.79 Å². The van der Waals surface area contributed by atoms with Crippen molar-refractivity contribution in [2.24, 2.45) is 0 Å². The van der Waals surface area contributed by atoms with E-state index in [-0.39, 0.29) is 24.2 Å². The van der Waals surface area contributed by atoms with Crippen LogP contribution in [0.5, 0.6) is 5.88 Å². The van der Waals surface area contributed by atoms with E-state index in [9.17, 15) is 4.79 Å². The van der Waals surface area contributed by atoms with Gasteiger partial charge in [-0.05, 0) is 18.6 Å². The van der Waals surface area contributed by atoms with Gasteiger partial charge >= 0.3 is 0 Å². The molecule has 4 heterocycles. The number of likely N-dealkylation sites (tertiary alicyclic amines) is 1. The summed E-state index contributed by atoms with van der Waals surface area (Å²) < 4.78 is 16.9. The van der Waals surface area contributed by atoms with Gasteiger partial charge in [0.05, 0.1) is 17.9 Å². The predicted molar refractivity (Wildman–Crippen MR) is 81.2 cm³/mol. The van der Waals surface area contributed by atoms with E-state index in [1.807, 2.05) is 23.1 Å². The third-order valence-electron chi connectivity index (χ3n) is 4.46. The first kappa shape index (κ1) is 14.3. The average molecular weight is 314 g/mol. The second-order valence-electron chi connectivity index (χ2n) is 5.81. The molecule has 2 saturated heterocycles. The molecule has 120 valence electrons. The molecule has 4 rings (SSSR count). The van der Waals surface area contributed by atoms with Crippen LogP contribution in [0, 0.1) is 0 Å². The maximum absolute atomic E-state index is 12.6. The lowest BCUT2D eigenvalue weighted by Gasteiger charge is -2.40. The Morgan fingerprint density at radius 2 is 2.26 bits per heavy atom. The minimum absolute atomic E-state index is 0.00413.